The van der Waals surface area contributed by atoms with Crippen LogP contribution in [-0.2, 0) is 17.7 Å². The van der Waals surface area contributed by atoms with Crippen molar-refractivity contribution in [3.8, 4) is 17.2 Å². The normalized spacial score (nSPS) is 13.3. The summed E-state index contributed by atoms with van der Waals surface area (Å²) >= 11 is 1.74. The summed E-state index contributed by atoms with van der Waals surface area (Å²) in [6.07, 6.45) is 2.27. The zero-order valence-corrected chi connectivity index (χ0v) is 19.4. The lowest BCUT2D eigenvalue weighted by Gasteiger charge is -2.29. The summed E-state index contributed by atoms with van der Waals surface area (Å²) in [6.45, 7) is 4.04. The molecule has 0 unspecified atom stereocenters. The fourth-order valence-corrected chi connectivity index (χ4v) is 4.57. The van der Waals surface area contributed by atoms with E-state index in [0.29, 0.717) is 42.2 Å². The average Bonchev–Trinajstić information content (AvgIpc) is 3.38. The third kappa shape index (κ3) is 4.55. The molecule has 174 valence electrons. The van der Waals surface area contributed by atoms with Crippen LogP contribution in [0.2, 0.25) is 0 Å². The Labute approximate surface area is 200 Å². The number of benzene rings is 2. The van der Waals surface area contributed by atoms with Gasteiger partial charge in [-0.05, 0) is 61.2 Å². The Morgan fingerprint density at radius 3 is 2.76 bits per heavy atom. The number of nitrogens with zero attached hydrogens (tertiary/aromatic N) is 1. The highest BCUT2D eigenvalue weighted by molar-refractivity contribution is 7.09. The topological polar surface area (TPSA) is 78.2 Å². The summed E-state index contributed by atoms with van der Waals surface area (Å²) in [4.78, 5) is 28.5. The van der Waals surface area contributed by atoms with Gasteiger partial charge in [0.25, 0.3) is 0 Å². The Morgan fingerprint density at radius 2 is 2.00 bits per heavy atom. The van der Waals surface area contributed by atoms with E-state index in [9.17, 15) is 9.59 Å². The minimum absolute atomic E-state index is 0.0719. The first kappa shape index (κ1) is 22.2. The molecule has 0 radical (unpaired) electrons. The Bertz CT molecular complexity index is 1360. The van der Waals surface area contributed by atoms with Gasteiger partial charge >= 0.3 is 5.97 Å². The number of hydrogen-bond acceptors (Lipinski definition) is 8. The van der Waals surface area contributed by atoms with E-state index in [1.807, 2.05) is 6.07 Å². The molecule has 34 heavy (non-hydrogen) atoms. The van der Waals surface area contributed by atoms with Crippen LogP contribution in [-0.4, -0.2) is 30.8 Å². The molecule has 5 rings (SSSR count). The van der Waals surface area contributed by atoms with Crippen LogP contribution in [0.25, 0.3) is 11.0 Å². The number of rotatable bonds is 7. The Kier molecular flexibility index (Phi) is 6.33. The maximum absolute atomic E-state index is 13.1. The van der Waals surface area contributed by atoms with Crippen molar-refractivity contribution in [2.24, 2.45) is 0 Å². The third-order valence-corrected chi connectivity index (χ3v) is 6.54. The number of thiophene rings is 1. The number of ether oxygens (including phenoxy) is 3. The van der Waals surface area contributed by atoms with Crippen LogP contribution in [0.4, 0.5) is 0 Å². The van der Waals surface area contributed by atoms with E-state index in [4.69, 9.17) is 18.6 Å². The molecule has 1 aliphatic rings. The summed E-state index contributed by atoms with van der Waals surface area (Å²) in [6, 6.07) is 14.1. The van der Waals surface area contributed by atoms with Gasteiger partial charge in [-0.2, -0.15) is 0 Å². The lowest BCUT2D eigenvalue weighted by Crippen LogP contribution is -2.33. The number of fused-ring (bicyclic) bond motifs is 3. The minimum atomic E-state index is -0.407. The molecular formula is C26H23NO6S. The Hall–Kier alpha value is -3.62. The van der Waals surface area contributed by atoms with E-state index in [1.165, 1.54) is 11.1 Å². The number of carbonyl (C=O) groups excluding carboxylic acids is 1. The van der Waals surface area contributed by atoms with E-state index in [0.717, 1.165) is 24.3 Å². The first-order valence-electron chi connectivity index (χ1n) is 11.0. The van der Waals surface area contributed by atoms with Crippen LogP contribution < -0.4 is 14.9 Å². The Balaban J connectivity index is 1.36. The van der Waals surface area contributed by atoms with Crippen molar-refractivity contribution in [2.45, 2.75) is 19.9 Å². The van der Waals surface area contributed by atoms with Crippen molar-refractivity contribution in [1.82, 2.24) is 4.90 Å². The quantitative estimate of drug-likeness (QED) is 0.338. The smallest absolute Gasteiger partial charge is 0.338 e. The zero-order chi connectivity index (χ0) is 23.5. The molecule has 3 heterocycles. The van der Waals surface area contributed by atoms with Crippen LogP contribution in [0.3, 0.4) is 0 Å². The lowest BCUT2D eigenvalue weighted by molar-refractivity contribution is 0.0526. The second-order valence-electron chi connectivity index (χ2n) is 7.85. The van der Waals surface area contributed by atoms with Crippen molar-refractivity contribution >= 4 is 28.3 Å². The molecule has 1 aliphatic heterocycles. The van der Waals surface area contributed by atoms with E-state index < -0.39 is 5.97 Å². The van der Waals surface area contributed by atoms with Gasteiger partial charge in [0.2, 0.25) is 11.2 Å². The Morgan fingerprint density at radius 1 is 1.15 bits per heavy atom. The van der Waals surface area contributed by atoms with Gasteiger partial charge in [0.15, 0.2) is 0 Å². The van der Waals surface area contributed by atoms with E-state index in [2.05, 4.69) is 22.4 Å². The molecule has 0 atom stereocenters. The molecule has 4 aromatic rings. The summed E-state index contributed by atoms with van der Waals surface area (Å²) < 4.78 is 22.5. The van der Waals surface area contributed by atoms with Crippen molar-refractivity contribution in [3.63, 3.8) is 0 Å². The second-order valence-corrected chi connectivity index (χ2v) is 8.88. The minimum Gasteiger partial charge on any atom is -0.478 e. The molecule has 0 amide bonds. The largest absolute Gasteiger partial charge is 0.478 e. The summed E-state index contributed by atoms with van der Waals surface area (Å²) in [5.41, 5.74) is 1.51. The summed E-state index contributed by atoms with van der Waals surface area (Å²) in [5.74, 6) is 0.810. The van der Waals surface area contributed by atoms with Gasteiger partial charge in [-0.15, -0.1) is 11.3 Å². The standard InChI is InChI=1S/C26H23NO6S/c1-2-30-26(29)17-5-7-18(8-6-17)33-23-15-31-25-20(24(23)28)9-10-22-21(25)14-27(16-32-22)12-11-19-4-3-13-34-19/h3-10,13,15H,2,11-12,14,16H2,1H3. The summed E-state index contributed by atoms with van der Waals surface area (Å²) in [5, 5.41) is 2.51. The van der Waals surface area contributed by atoms with Crippen LogP contribution in [0, 0.1) is 0 Å². The maximum atomic E-state index is 13.1. The van der Waals surface area contributed by atoms with E-state index in [1.54, 1.807) is 48.6 Å². The highest BCUT2D eigenvalue weighted by atomic mass is 32.1. The molecule has 2 aromatic carbocycles. The fraction of sp³-hybridized carbons (Fsp3) is 0.231. The maximum Gasteiger partial charge on any atom is 0.338 e. The zero-order valence-electron chi connectivity index (χ0n) is 18.6. The van der Waals surface area contributed by atoms with Crippen molar-refractivity contribution < 1.29 is 23.4 Å². The highest BCUT2D eigenvalue weighted by Gasteiger charge is 2.23. The molecule has 0 aliphatic carbocycles. The molecule has 7 nitrogen and oxygen atoms in total. The fourth-order valence-electron chi connectivity index (χ4n) is 3.87. The van der Waals surface area contributed by atoms with Gasteiger partial charge in [-0.3, -0.25) is 9.69 Å². The van der Waals surface area contributed by atoms with Gasteiger partial charge in [-0.1, -0.05) is 6.07 Å². The molecule has 2 aromatic heterocycles. The second kappa shape index (κ2) is 9.70. The lowest BCUT2D eigenvalue weighted by atomic mass is 10.1. The van der Waals surface area contributed by atoms with Gasteiger partial charge in [0.1, 0.15) is 30.1 Å². The van der Waals surface area contributed by atoms with E-state index in [-0.39, 0.29) is 11.2 Å². The third-order valence-electron chi connectivity index (χ3n) is 5.60. The van der Waals surface area contributed by atoms with Crippen LogP contribution >= 0.6 is 11.3 Å². The first-order chi connectivity index (χ1) is 16.6. The summed E-state index contributed by atoms with van der Waals surface area (Å²) in [7, 11) is 0. The number of carbonyl (C=O) groups is 1. The number of hydrogen-bond donors (Lipinski definition) is 0. The molecule has 0 fully saturated rings. The van der Waals surface area contributed by atoms with Gasteiger partial charge < -0.3 is 18.6 Å². The molecule has 0 spiro atoms. The predicted molar refractivity (Wildman–Crippen MR) is 129 cm³/mol. The first-order valence-corrected chi connectivity index (χ1v) is 11.9. The molecular weight excluding hydrogens is 454 g/mol. The molecule has 0 N–H and O–H groups in total. The van der Waals surface area contributed by atoms with Crippen LogP contribution in [0.1, 0.15) is 27.7 Å². The average molecular weight is 478 g/mol. The SMILES string of the molecule is CCOC(=O)c1ccc(Oc2coc3c4c(ccc3c2=O)OCN(CCc2cccs2)C4)cc1. The molecule has 0 bridgehead atoms. The molecule has 0 saturated carbocycles. The monoisotopic (exact) mass is 477 g/mol. The predicted octanol–water partition coefficient (Wildman–Crippen LogP) is 5.22. The van der Waals surface area contributed by atoms with Gasteiger partial charge in [0.05, 0.1) is 23.1 Å². The van der Waals surface area contributed by atoms with Gasteiger partial charge in [-0.25, -0.2) is 4.79 Å². The van der Waals surface area contributed by atoms with Crippen molar-refractivity contribution in [2.75, 3.05) is 19.9 Å². The molecule has 8 heteroatoms. The van der Waals surface area contributed by atoms with Crippen molar-refractivity contribution in [1.29, 1.82) is 0 Å². The van der Waals surface area contributed by atoms with E-state index >= 15 is 0 Å². The van der Waals surface area contributed by atoms with Crippen molar-refractivity contribution in [3.05, 3.63) is 86.4 Å². The molecule has 0 saturated heterocycles. The van der Waals surface area contributed by atoms with Gasteiger partial charge in [0, 0.05) is 18.0 Å². The van der Waals surface area contributed by atoms with Crippen LogP contribution in [0.15, 0.2) is 69.4 Å². The van der Waals surface area contributed by atoms with Crippen LogP contribution in [0.5, 0.6) is 17.2 Å². The highest BCUT2D eigenvalue weighted by Crippen LogP contribution is 2.33. The number of esters is 1.